The van der Waals surface area contributed by atoms with Crippen molar-refractivity contribution < 1.29 is 23.8 Å². The van der Waals surface area contributed by atoms with E-state index < -0.39 is 12.1 Å². The lowest BCUT2D eigenvalue weighted by molar-refractivity contribution is -0.120. The molecule has 6 rings (SSSR count). The molecule has 8 nitrogen and oxygen atoms in total. The van der Waals surface area contributed by atoms with Crippen LogP contribution in [0, 0.1) is 0 Å². The molecule has 3 N–H and O–H groups in total. The Morgan fingerprint density at radius 1 is 0.830 bits per heavy atom. The summed E-state index contributed by atoms with van der Waals surface area (Å²) < 4.78 is 17.6. The van der Waals surface area contributed by atoms with Gasteiger partial charge in [-0.25, -0.2) is 4.79 Å². The average molecular weight is 632 g/mol. The number of benzene rings is 4. The number of H-pyrrole nitrogens is 1. The molecule has 8 heteroatoms. The molecule has 0 aliphatic carbocycles. The largest absolute Gasteiger partial charge is 0.490 e. The van der Waals surface area contributed by atoms with Gasteiger partial charge in [-0.05, 0) is 53.3 Å². The van der Waals surface area contributed by atoms with E-state index in [0.29, 0.717) is 6.61 Å². The number of amides is 1. The third kappa shape index (κ3) is 8.09. The van der Waals surface area contributed by atoms with E-state index in [1.165, 1.54) is 7.11 Å². The second-order valence-corrected chi connectivity index (χ2v) is 11.9. The molecule has 47 heavy (non-hydrogen) atoms. The normalized spacial score (nSPS) is 16.9. The van der Waals surface area contributed by atoms with Crippen LogP contribution in [-0.2, 0) is 27.1 Å². The number of methoxy groups -OCH3 is 1. The minimum absolute atomic E-state index is 0.0124. The molecule has 0 radical (unpaired) electrons. The van der Waals surface area contributed by atoms with Crippen LogP contribution in [-0.4, -0.2) is 61.9 Å². The summed E-state index contributed by atoms with van der Waals surface area (Å²) in [5.41, 5.74) is 4.95. The summed E-state index contributed by atoms with van der Waals surface area (Å²) in [4.78, 5) is 30.0. The predicted molar refractivity (Wildman–Crippen MR) is 183 cm³/mol. The van der Waals surface area contributed by atoms with Crippen LogP contribution in [0.5, 0.6) is 5.75 Å². The lowest BCUT2D eigenvalue weighted by atomic mass is 9.81. The number of nitrogens with one attached hydrogen (secondary N) is 3. The Kier molecular flexibility index (Phi) is 10.6. The fraction of sp³-hybridized carbons (Fsp3) is 0.282. The molecule has 0 spiro atoms. The van der Waals surface area contributed by atoms with E-state index in [4.69, 9.17) is 14.2 Å². The predicted octanol–water partition coefficient (Wildman–Crippen LogP) is 6.20. The second kappa shape index (κ2) is 15.6. The number of ether oxygens (including phenoxy) is 3. The average Bonchev–Trinajstić information content (AvgIpc) is 3.61. The van der Waals surface area contributed by atoms with Crippen LogP contribution in [0.25, 0.3) is 10.9 Å². The molecule has 1 aromatic heterocycles. The first-order chi connectivity index (χ1) is 23.1. The second-order valence-electron chi connectivity index (χ2n) is 11.9. The zero-order valence-electron chi connectivity index (χ0n) is 26.6. The van der Waals surface area contributed by atoms with Crippen molar-refractivity contribution in [2.45, 2.75) is 43.4 Å². The molecule has 4 aromatic carbocycles. The molecule has 2 heterocycles. The number of aromatic nitrogens is 1. The topological polar surface area (TPSA) is 102 Å². The third-order valence-corrected chi connectivity index (χ3v) is 8.78. The van der Waals surface area contributed by atoms with Gasteiger partial charge in [-0.3, -0.25) is 4.79 Å². The Bertz CT molecular complexity index is 1720. The van der Waals surface area contributed by atoms with Gasteiger partial charge in [0.25, 0.3) is 0 Å². The fourth-order valence-electron chi connectivity index (χ4n) is 6.43. The molecular formula is C39H41N3O5. The molecule has 5 aromatic rings. The Hall–Kier alpha value is -4.92. The third-order valence-electron chi connectivity index (χ3n) is 8.78. The quantitative estimate of drug-likeness (QED) is 0.143. The Balaban J connectivity index is 1.13. The number of rotatable bonds is 13. The van der Waals surface area contributed by atoms with Crippen LogP contribution in [0.2, 0.25) is 0 Å². The Labute approximate surface area is 275 Å². The van der Waals surface area contributed by atoms with Crippen molar-refractivity contribution in [3.05, 3.63) is 138 Å². The summed E-state index contributed by atoms with van der Waals surface area (Å²) in [6.45, 7) is 1.94. The minimum Gasteiger partial charge on any atom is -0.490 e. The smallest absolute Gasteiger partial charge is 0.407 e. The molecule has 1 aliphatic rings. The van der Waals surface area contributed by atoms with E-state index in [9.17, 15) is 9.59 Å². The van der Waals surface area contributed by atoms with Crippen LogP contribution < -0.4 is 15.4 Å². The maximum absolute atomic E-state index is 14.2. The number of Topliss-reactive ketones (excluding diaryl/α,β-unsaturated/α-hetero) is 1. The zero-order chi connectivity index (χ0) is 32.4. The van der Waals surface area contributed by atoms with Crippen molar-refractivity contribution in [1.29, 1.82) is 0 Å². The summed E-state index contributed by atoms with van der Waals surface area (Å²) in [7, 11) is 1.31. The number of morpholine rings is 1. The Morgan fingerprint density at radius 2 is 1.51 bits per heavy atom. The van der Waals surface area contributed by atoms with Crippen molar-refractivity contribution in [2.24, 2.45) is 0 Å². The number of hydrogen-bond acceptors (Lipinski definition) is 6. The zero-order valence-corrected chi connectivity index (χ0v) is 26.6. The van der Waals surface area contributed by atoms with Gasteiger partial charge in [-0.1, -0.05) is 91.0 Å². The number of fused-ring (bicyclic) bond motifs is 1. The molecule has 1 saturated heterocycles. The summed E-state index contributed by atoms with van der Waals surface area (Å²) in [6, 6.07) is 34.8. The maximum atomic E-state index is 14.2. The Morgan fingerprint density at radius 3 is 2.23 bits per heavy atom. The van der Waals surface area contributed by atoms with Gasteiger partial charge in [0.15, 0.2) is 5.78 Å². The highest BCUT2D eigenvalue weighted by Crippen LogP contribution is 2.30. The monoisotopic (exact) mass is 631 g/mol. The van der Waals surface area contributed by atoms with Gasteiger partial charge in [0.1, 0.15) is 24.5 Å². The van der Waals surface area contributed by atoms with E-state index in [2.05, 4.69) is 21.7 Å². The number of aryl methyl sites for hydroxylation is 1. The number of alkyl carbamates (subject to hydrolysis) is 1. The number of aromatic amines is 1. The van der Waals surface area contributed by atoms with E-state index in [1.54, 1.807) is 0 Å². The molecule has 0 unspecified atom stereocenters. The van der Waals surface area contributed by atoms with Crippen molar-refractivity contribution >= 4 is 22.8 Å². The highest BCUT2D eigenvalue weighted by Gasteiger charge is 2.33. The number of ketones is 1. The molecule has 0 bridgehead atoms. The molecular weight excluding hydrogens is 590 g/mol. The van der Waals surface area contributed by atoms with Crippen molar-refractivity contribution in [1.82, 2.24) is 15.6 Å². The van der Waals surface area contributed by atoms with E-state index in [-0.39, 0.29) is 30.3 Å². The van der Waals surface area contributed by atoms with Gasteiger partial charge in [0.05, 0.1) is 13.2 Å². The minimum atomic E-state index is -0.830. The molecule has 1 amide bonds. The van der Waals surface area contributed by atoms with Crippen LogP contribution in [0.1, 0.15) is 34.6 Å². The first-order valence-corrected chi connectivity index (χ1v) is 16.2. The molecule has 1 aliphatic heterocycles. The first-order valence-electron chi connectivity index (χ1n) is 16.2. The van der Waals surface area contributed by atoms with Gasteiger partial charge in [-0.15, -0.1) is 0 Å². The summed E-state index contributed by atoms with van der Waals surface area (Å²) in [5, 5.41) is 7.43. The highest BCUT2D eigenvalue weighted by molar-refractivity contribution is 5.91. The highest BCUT2D eigenvalue weighted by atomic mass is 16.5. The number of hydrogen-bond donors (Lipinski definition) is 3. The molecule has 3 atom stereocenters. The summed E-state index contributed by atoms with van der Waals surface area (Å²) >= 11 is 0. The lowest BCUT2D eigenvalue weighted by Gasteiger charge is -2.31. The maximum Gasteiger partial charge on any atom is 0.407 e. The number of carbonyl (C=O) groups is 2. The van der Waals surface area contributed by atoms with E-state index in [0.717, 1.165) is 64.8 Å². The van der Waals surface area contributed by atoms with Crippen LogP contribution >= 0.6 is 0 Å². The molecule has 242 valence electrons. The van der Waals surface area contributed by atoms with E-state index >= 15 is 0 Å². The molecule has 1 fully saturated rings. The van der Waals surface area contributed by atoms with Gasteiger partial charge in [-0.2, -0.15) is 0 Å². The summed E-state index contributed by atoms with van der Waals surface area (Å²) in [5.74, 6) is 0.363. The SMILES string of the molecule is COC(=O)N[C@H](C(=O)Cc1ccccc1CC[C@@H]1CNC[C@@H](COc2cccc3[nH]ccc23)O1)C(c1ccccc1)c1ccccc1. The van der Waals surface area contributed by atoms with Gasteiger partial charge < -0.3 is 29.8 Å². The standard InChI is InChI=1S/C39H41N3O5/c1-45-39(44)42-38(37(28-12-4-2-5-13-28)29-14-6-3-7-15-29)35(43)23-30-16-9-8-11-27(30)19-20-31-24-40-25-32(47-31)26-46-36-18-10-17-34-33(36)21-22-41-34/h2-18,21-22,31-32,37-38,40-41H,19-20,23-26H2,1H3,(H,42,44)/t31-,32+,38-/m1/s1. The van der Waals surface area contributed by atoms with Gasteiger partial charge >= 0.3 is 6.09 Å². The van der Waals surface area contributed by atoms with Crippen molar-refractivity contribution in [3.63, 3.8) is 0 Å². The van der Waals surface area contributed by atoms with E-state index in [1.807, 2.05) is 109 Å². The lowest BCUT2D eigenvalue weighted by Crippen LogP contribution is -2.47. The summed E-state index contributed by atoms with van der Waals surface area (Å²) in [6.07, 6.45) is 2.93. The van der Waals surface area contributed by atoms with Crippen molar-refractivity contribution in [2.75, 3.05) is 26.8 Å². The van der Waals surface area contributed by atoms with Gasteiger partial charge in [0.2, 0.25) is 0 Å². The van der Waals surface area contributed by atoms with Crippen LogP contribution in [0.4, 0.5) is 4.79 Å². The fourth-order valence-corrected chi connectivity index (χ4v) is 6.43. The van der Waals surface area contributed by atoms with Crippen molar-refractivity contribution in [3.8, 4) is 5.75 Å². The molecule has 0 saturated carbocycles. The van der Waals surface area contributed by atoms with Crippen LogP contribution in [0.15, 0.2) is 115 Å². The number of carbonyl (C=O) groups excluding carboxylic acids is 2. The first kappa shape index (κ1) is 32.0. The van der Waals surface area contributed by atoms with Gasteiger partial charge in [0, 0.05) is 42.5 Å². The van der Waals surface area contributed by atoms with Crippen LogP contribution in [0.3, 0.4) is 0 Å².